The molecule has 0 aromatic rings. The zero-order valence-corrected chi connectivity index (χ0v) is 13.0. The van der Waals surface area contributed by atoms with Crippen LogP contribution in [0.15, 0.2) is 0 Å². The smallest absolute Gasteiger partial charge is 0.0686 e. The molecule has 1 aliphatic heterocycles. The highest BCUT2D eigenvalue weighted by atomic mass is 16.5. The molecule has 1 heterocycles. The average Bonchev–Trinajstić information content (AvgIpc) is 2.93. The standard InChI is InChI=1S/C18H32O2/c19-17(9-8-15-6-2-1-3-7-15)16-10-13-20-18(14-16)11-4-5-12-18/h15-17,19H,1-14H2. The van der Waals surface area contributed by atoms with Crippen molar-refractivity contribution in [3.8, 4) is 0 Å². The number of aliphatic hydroxyl groups excluding tert-OH is 1. The fraction of sp³-hybridized carbons (Fsp3) is 1.00. The van der Waals surface area contributed by atoms with Crippen LogP contribution in [0.4, 0.5) is 0 Å². The van der Waals surface area contributed by atoms with Crippen LogP contribution in [0.1, 0.15) is 83.5 Å². The fourth-order valence-electron chi connectivity index (χ4n) is 4.88. The third-order valence-corrected chi connectivity index (χ3v) is 6.19. The highest BCUT2D eigenvalue weighted by molar-refractivity contribution is 4.92. The molecule has 0 aromatic carbocycles. The molecule has 2 heteroatoms. The van der Waals surface area contributed by atoms with Gasteiger partial charge >= 0.3 is 0 Å². The van der Waals surface area contributed by atoms with Crippen LogP contribution in [-0.2, 0) is 4.74 Å². The molecular weight excluding hydrogens is 248 g/mol. The summed E-state index contributed by atoms with van der Waals surface area (Å²) in [5, 5.41) is 10.6. The molecule has 2 unspecified atom stereocenters. The van der Waals surface area contributed by atoms with Gasteiger partial charge in [0, 0.05) is 6.61 Å². The van der Waals surface area contributed by atoms with Crippen LogP contribution in [0.5, 0.6) is 0 Å². The monoisotopic (exact) mass is 280 g/mol. The molecule has 2 atom stereocenters. The molecule has 0 amide bonds. The maximum absolute atomic E-state index is 10.6. The highest BCUT2D eigenvalue weighted by Gasteiger charge is 2.41. The average molecular weight is 280 g/mol. The minimum atomic E-state index is -0.0710. The first-order valence-corrected chi connectivity index (χ1v) is 9.09. The van der Waals surface area contributed by atoms with Gasteiger partial charge in [0.25, 0.3) is 0 Å². The second-order valence-corrected chi connectivity index (χ2v) is 7.64. The number of hydrogen-bond acceptors (Lipinski definition) is 2. The van der Waals surface area contributed by atoms with E-state index in [1.807, 2.05) is 0 Å². The van der Waals surface area contributed by atoms with Crippen LogP contribution < -0.4 is 0 Å². The van der Waals surface area contributed by atoms with E-state index in [9.17, 15) is 5.11 Å². The lowest BCUT2D eigenvalue weighted by atomic mass is 9.78. The summed E-state index contributed by atoms with van der Waals surface area (Å²) in [5.74, 6) is 1.41. The van der Waals surface area contributed by atoms with Gasteiger partial charge in [0.15, 0.2) is 0 Å². The summed E-state index contributed by atoms with van der Waals surface area (Å²) < 4.78 is 6.09. The Kier molecular flexibility index (Phi) is 5.04. The van der Waals surface area contributed by atoms with E-state index in [0.717, 1.165) is 31.8 Å². The molecule has 1 spiro atoms. The van der Waals surface area contributed by atoms with Gasteiger partial charge in [0.1, 0.15) is 0 Å². The maximum atomic E-state index is 10.6. The third-order valence-electron chi connectivity index (χ3n) is 6.19. The SMILES string of the molecule is OC(CCC1CCCCC1)C1CCOC2(CCCC2)C1. The summed E-state index contributed by atoms with van der Waals surface area (Å²) >= 11 is 0. The van der Waals surface area contributed by atoms with Crippen molar-refractivity contribution in [2.45, 2.75) is 95.2 Å². The molecule has 0 bridgehead atoms. The van der Waals surface area contributed by atoms with Gasteiger partial charge in [0.2, 0.25) is 0 Å². The van der Waals surface area contributed by atoms with Crippen LogP contribution in [0.2, 0.25) is 0 Å². The van der Waals surface area contributed by atoms with Crippen LogP contribution in [0, 0.1) is 11.8 Å². The second kappa shape index (κ2) is 6.79. The fourth-order valence-corrected chi connectivity index (χ4v) is 4.88. The Labute approximate surface area is 124 Å². The van der Waals surface area contributed by atoms with Gasteiger partial charge in [0.05, 0.1) is 11.7 Å². The van der Waals surface area contributed by atoms with Crippen LogP contribution in [-0.4, -0.2) is 23.4 Å². The number of aliphatic hydroxyl groups is 1. The van der Waals surface area contributed by atoms with E-state index < -0.39 is 0 Å². The predicted molar refractivity (Wildman–Crippen MR) is 81.7 cm³/mol. The topological polar surface area (TPSA) is 29.5 Å². The Morgan fingerprint density at radius 2 is 1.75 bits per heavy atom. The van der Waals surface area contributed by atoms with Gasteiger partial charge in [-0.25, -0.2) is 0 Å². The number of hydrogen-bond donors (Lipinski definition) is 1. The van der Waals surface area contributed by atoms with Crippen molar-refractivity contribution in [3.05, 3.63) is 0 Å². The van der Waals surface area contributed by atoms with E-state index in [-0.39, 0.29) is 11.7 Å². The van der Waals surface area contributed by atoms with Gasteiger partial charge < -0.3 is 9.84 Å². The van der Waals surface area contributed by atoms with Gasteiger partial charge in [-0.15, -0.1) is 0 Å². The Morgan fingerprint density at radius 3 is 2.50 bits per heavy atom. The normalized spacial score (nSPS) is 32.5. The molecule has 116 valence electrons. The lowest BCUT2D eigenvalue weighted by molar-refractivity contribution is -0.113. The van der Waals surface area contributed by atoms with Crippen LogP contribution >= 0.6 is 0 Å². The molecule has 1 N–H and O–H groups in total. The molecule has 2 nitrogen and oxygen atoms in total. The van der Waals surface area contributed by atoms with Gasteiger partial charge in [-0.3, -0.25) is 0 Å². The summed E-state index contributed by atoms with van der Waals surface area (Å²) in [4.78, 5) is 0. The summed E-state index contributed by atoms with van der Waals surface area (Å²) in [6.45, 7) is 0.880. The zero-order valence-electron chi connectivity index (χ0n) is 13.0. The summed E-state index contributed by atoms with van der Waals surface area (Å²) in [5.41, 5.74) is 0.161. The molecule has 20 heavy (non-hydrogen) atoms. The first kappa shape index (κ1) is 14.8. The van der Waals surface area contributed by atoms with Crippen molar-refractivity contribution >= 4 is 0 Å². The Balaban J connectivity index is 1.45. The minimum absolute atomic E-state index is 0.0710. The lowest BCUT2D eigenvalue weighted by Crippen LogP contribution is -2.41. The van der Waals surface area contributed by atoms with E-state index in [1.54, 1.807) is 0 Å². The molecule has 3 aliphatic rings. The van der Waals surface area contributed by atoms with Gasteiger partial charge in [-0.2, -0.15) is 0 Å². The van der Waals surface area contributed by atoms with E-state index in [4.69, 9.17) is 4.74 Å². The quantitative estimate of drug-likeness (QED) is 0.824. The van der Waals surface area contributed by atoms with Crippen LogP contribution in [0.3, 0.4) is 0 Å². The highest BCUT2D eigenvalue weighted by Crippen LogP contribution is 2.43. The van der Waals surface area contributed by atoms with E-state index >= 15 is 0 Å². The largest absolute Gasteiger partial charge is 0.393 e. The Hall–Kier alpha value is -0.0800. The zero-order chi connectivity index (χ0) is 13.8. The number of rotatable bonds is 4. The van der Waals surface area contributed by atoms with Crippen molar-refractivity contribution in [1.29, 1.82) is 0 Å². The molecule has 2 saturated carbocycles. The van der Waals surface area contributed by atoms with Crippen molar-refractivity contribution in [1.82, 2.24) is 0 Å². The van der Waals surface area contributed by atoms with E-state index in [1.165, 1.54) is 64.2 Å². The molecule has 3 fully saturated rings. The van der Waals surface area contributed by atoms with Crippen molar-refractivity contribution in [3.63, 3.8) is 0 Å². The molecule has 3 rings (SSSR count). The summed E-state index contributed by atoms with van der Waals surface area (Å²) in [6.07, 6.45) is 16.6. The minimum Gasteiger partial charge on any atom is -0.393 e. The third kappa shape index (κ3) is 3.57. The van der Waals surface area contributed by atoms with Gasteiger partial charge in [-0.05, 0) is 50.4 Å². The van der Waals surface area contributed by atoms with Crippen LogP contribution in [0.25, 0.3) is 0 Å². The first-order valence-electron chi connectivity index (χ1n) is 9.09. The molecule has 0 radical (unpaired) electrons. The molecule has 0 aromatic heterocycles. The Morgan fingerprint density at radius 1 is 1.00 bits per heavy atom. The number of ether oxygens (including phenoxy) is 1. The van der Waals surface area contributed by atoms with Crippen molar-refractivity contribution in [2.75, 3.05) is 6.61 Å². The summed E-state index contributed by atoms with van der Waals surface area (Å²) in [6, 6.07) is 0. The van der Waals surface area contributed by atoms with Crippen molar-refractivity contribution < 1.29 is 9.84 Å². The van der Waals surface area contributed by atoms with E-state index in [0.29, 0.717) is 5.92 Å². The lowest BCUT2D eigenvalue weighted by Gasteiger charge is -2.40. The summed E-state index contributed by atoms with van der Waals surface area (Å²) in [7, 11) is 0. The predicted octanol–water partition coefficient (Wildman–Crippen LogP) is 4.45. The second-order valence-electron chi connectivity index (χ2n) is 7.64. The molecular formula is C18H32O2. The van der Waals surface area contributed by atoms with Gasteiger partial charge in [-0.1, -0.05) is 44.9 Å². The maximum Gasteiger partial charge on any atom is 0.0686 e. The molecule has 2 aliphatic carbocycles. The first-order chi connectivity index (χ1) is 9.77. The molecule has 1 saturated heterocycles. The van der Waals surface area contributed by atoms with E-state index in [2.05, 4.69) is 0 Å². The Bertz CT molecular complexity index is 290. The van der Waals surface area contributed by atoms with Crippen molar-refractivity contribution in [2.24, 2.45) is 11.8 Å².